The number of benzene rings is 1. The molecule has 18 heavy (non-hydrogen) atoms. The number of nitrogens with zero attached hydrogens (tertiary/aromatic N) is 1. The van der Waals surface area contributed by atoms with Gasteiger partial charge in [0.05, 0.1) is 5.56 Å². The second-order valence-electron chi connectivity index (χ2n) is 4.29. The average molecular weight is 267 g/mol. The van der Waals surface area contributed by atoms with Crippen molar-refractivity contribution >= 4 is 11.6 Å². The highest BCUT2D eigenvalue weighted by Crippen LogP contribution is 2.22. The van der Waals surface area contributed by atoms with E-state index in [9.17, 15) is 9.18 Å². The second kappa shape index (κ2) is 4.90. The third-order valence-corrected chi connectivity index (χ3v) is 2.87. The summed E-state index contributed by atoms with van der Waals surface area (Å²) in [4.78, 5) is 18.5. The highest BCUT2D eigenvalue weighted by molar-refractivity contribution is 6.30. The van der Waals surface area contributed by atoms with Gasteiger partial charge in [-0.25, -0.2) is 4.39 Å². The molecule has 0 aliphatic carbocycles. The number of hydrogen-bond donors (Lipinski definition) is 1. The topological polar surface area (TPSA) is 45.8 Å². The molecule has 1 N–H and O–H groups in total. The number of hydrogen-bond acceptors (Lipinski definition) is 2. The van der Waals surface area contributed by atoms with Gasteiger partial charge in [-0.1, -0.05) is 25.4 Å². The van der Waals surface area contributed by atoms with Crippen molar-refractivity contribution < 1.29 is 4.39 Å². The molecule has 2 rings (SSSR count). The van der Waals surface area contributed by atoms with E-state index in [-0.39, 0.29) is 22.9 Å². The maximum atomic E-state index is 13.6. The van der Waals surface area contributed by atoms with Crippen LogP contribution in [0.5, 0.6) is 0 Å². The lowest BCUT2D eigenvalue weighted by Gasteiger charge is -2.06. The average Bonchev–Trinajstić information content (AvgIpc) is 2.31. The molecule has 1 aromatic carbocycles. The van der Waals surface area contributed by atoms with E-state index in [0.717, 1.165) is 0 Å². The van der Waals surface area contributed by atoms with Crippen LogP contribution in [0.1, 0.15) is 25.3 Å². The molecular weight excluding hydrogens is 255 g/mol. The van der Waals surface area contributed by atoms with Gasteiger partial charge in [0.25, 0.3) is 5.56 Å². The van der Waals surface area contributed by atoms with E-state index in [2.05, 4.69) is 9.97 Å². The molecular formula is C13H12ClFN2O. The summed E-state index contributed by atoms with van der Waals surface area (Å²) in [6.45, 7) is 3.79. The lowest BCUT2D eigenvalue weighted by molar-refractivity contribution is 0.629. The molecule has 0 fully saturated rings. The molecule has 1 aromatic heterocycles. The zero-order valence-corrected chi connectivity index (χ0v) is 10.8. The maximum Gasteiger partial charge on any atom is 0.276 e. The molecule has 0 saturated heterocycles. The normalized spacial score (nSPS) is 10.9. The molecule has 0 spiro atoms. The van der Waals surface area contributed by atoms with Crippen molar-refractivity contribution in [1.29, 1.82) is 0 Å². The first-order chi connectivity index (χ1) is 8.49. The summed E-state index contributed by atoms with van der Waals surface area (Å²) in [6.07, 6.45) is 1.57. The van der Waals surface area contributed by atoms with Crippen molar-refractivity contribution in [2.24, 2.45) is 0 Å². The van der Waals surface area contributed by atoms with Crippen LogP contribution in [0.25, 0.3) is 11.4 Å². The zero-order valence-electron chi connectivity index (χ0n) is 10.00. The van der Waals surface area contributed by atoms with E-state index in [1.165, 1.54) is 18.2 Å². The Bertz CT molecular complexity index is 637. The van der Waals surface area contributed by atoms with Gasteiger partial charge >= 0.3 is 0 Å². The molecule has 3 nitrogen and oxygen atoms in total. The molecule has 1 heterocycles. The summed E-state index contributed by atoms with van der Waals surface area (Å²) < 4.78 is 13.6. The summed E-state index contributed by atoms with van der Waals surface area (Å²) in [5.41, 5.74) is 0.411. The van der Waals surface area contributed by atoms with E-state index in [0.29, 0.717) is 10.6 Å². The Balaban J connectivity index is 2.56. The number of nitrogens with one attached hydrogen (secondary N) is 1. The van der Waals surface area contributed by atoms with Crippen molar-refractivity contribution in [3.63, 3.8) is 0 Å². The number of halogens is 2. The number of aromatic nitrogens is 2. The summed E-state index contributed by atoms with van der Waals surface area (Å²) in [5.74, 6) is -0.219. The smallest absolute Gasteiger partial charge is 0.276 e. The Morgan fingerprint density at radius 2 is 2.11 bits per heavy atom. The molecule has 0 aliphatic heterocycles. The van der Waals surface area contributed by atoms with E-state index < -0.39 is 5.82 Å². The monoisotopic (exact) mass is 266 g/mol. The van der Waals surface area contributed by atoms with Crippen molar-refractivity contribution in [1.82, 2.24) is 9.97 Å². The third-order valence-electron chi connectivity index (χ3n) is 2.63. The first-order valence-electron chi connectivity index (χ1n) is 5.54. The minimum Gasteiger partial charge on any atom is -0.345 e. The molecule has 0 aliphatic rings. The van der Waals surface area contributed by atoms with E-state index in [1.54, 1.807) is 6.20 Å². The number of aromatic amines is 1. The quantitative estimate of drug-likeness (QED) is 0.906. The van der Waals surface area contributed by atoms with E-state index in [4.69, 9.17) is 11.6 Å². The van der Waals surface area contributed by atoms with Gasteiger partial charge in [-0.05, 0) is 24.1 Å². The van der Waals surface area contributed by atoms with E-state index >= 15 is 0 Å². The van der Waals surface area contributed by atoms with Gasteiger partial charge in [-0.15, -0.1) is 0 Å². The molecule has 5 heteroatoms. The lowest BCUT2D eigenvalue weighted by Crippen LogP contribution is -2.15. The van der Waals surface area contributed by atoms with Gasteiger partial charge in [-0.3, -0.25) is 4.79 Å². The molecule has 2 aromatic rings. The zero-order chi connectivity index (χ0) is 13.3. The molecule has 0 saturated carbocycles. The van der Waals surface area contributed by atoms with Crippen LogP contribution in [0.15, 0.2) is 29.2 Å². The van der Waals surface area contributed by atoms with Gasteiger partial charge in [0.2, 0.25) is 0 Å². The predicted molar refractivity (Wildman–Crippen MR) is 69.4 cm³/mol. The lowest BCUT2D eigenvalue weighted by atomic mass is 10.1. The standard InChI is InChI=1S/C13H12ClFN2O/c1-7(2)10-6-16-12(17-13(10)18)9-5-8(14)3-4-11(9)15/h3-7H,1-2H3,(H,16,17,18). The third kappa shape index (κ3) is 2.43. The van der Waals surface area contributed by atoms with Gasteiger partial charge in [0.1, 0.15) is 11.6 Å². The van der Waals surface area contributed by atoms with Crippen LogP contribution in [-0.4, -0.2) is 9.97 Å². The molecule has 0 atom stereocenters. The summed E-state index contributed by atoms with van der Waals surface area (Å²) in [5, 5.41) is 0.391. The van der Waals surface area contributed by atoms with Crippen LogP contribution in [0.4, 0.5) is 4.39 Å². The SMILES string of the molecule is CC(C)c1c[nH]c(-c2cc(Cl)ccc2F)nc1=O. The Kier molecular flexibility index (Phi) is 3.48. The van der Waals surface area contributed by atoms with Gasteiger partial charge in [-0.2, -0.15) is 4.98 Å². The van der Waals surface area contributed by atoms with Crippen LogP contribution in [0.3, 0.4) is 0 Å². The van der Waals surface area contributed by atoms with Crippen molar-refractivity contribution in [2.75, 3.05) is 0 Å². The molecule has 0 amide bonds. The highest BCUT2D eigenvalue weighted by atomic mass is 35.5. The van der Waals surface area contributed by atoms with Gasteiger partial charge in [0, 0.05) is 16.8 Å². The van der Waals surface area contributed by atoms with Crippen LogP contribution < -0.4 is 5.56 Å². The molecule has 0 bridgehead atoms. The van der Waals surface area contributed by atoms with Gasteiger partial charge < -0.3 is 4.98 Å². The Morgan fingerprint density at radius 3 is 2.72 bits per heavy atom. The van der Waals surface area contributed by atoms with E-state index in [1.807, 2.05) is 13.8 Å². The first kappa shape index (κ1) is 12.8. The number of rotatable bonds is 2. The fraction of sp³-hybridized carbons (Fsp3) is 0.231. The number of H-pyrrole nitrogens is 1. The minimum absolute atomic E-state index is 0.0690. The van der Waals surface area contributed by atoms with Crippen molar-refractivity contribution in [3.05, 3.63) is 51.2 Å². The molecule has 94 valence electrons. The van der Waals surface area contributed by atoms with Crippen LogP contribution in [0, 0.1) is 5.82 Å². The fourth-order valence-corrected chi connectivity index (χ4v) is 1.81. The Morgan fingerprint density at radius 1 is 1.39 bits per heavy atom. The predicted octanol–water partition coefficient (Wildman–Crippen LogP) is 3.35. The summed E-state index contributed by atoms with van der Waals surface area (Å²) in [7, 11) is 0. The summed E-state index contributed by atoms with van der Waals surface area (Å²) >= 11 is 5.80. The molecule has 0 radical (unpaired) electrons. The first-order valence-corrected chi connectivity index (χ1v) is 5.92. The van der Waals surface area contributed by atoms with Crippen molar-refractivity contribution in [2.45, 2.75) is 19.8 Å². The fourth-order valence-electron chi connectivity index (χ4n) is 1.64. The van der Waals surface area contributed by atoms with Gasteiger partial charge in [0.15, 0.2) is 0 Å². The minimum atomic E-state index is -0.472. The summed E-state index contributed by atoms with van der Waals surface area (Å²) in [6, 6.07) is 4.12. The van der Waals surface area contributed by atoms with Crippen molar-refractivity contribution in [3.8, 4) is 11.4 Å². The maximum absolute atomic E-state index is 13.6. The second-order valence-corrected chi connectivity index (χ2v) is 4.72. The highest BCUT2D eigenvalue weighted by Gasteiger charge is 2.11. The van der Waals surface area contributed by atoms with Crippen LogP contribution in [-0.2, 0) is 0 Å². The van der Waals surface area contributed by atoms with Crippen LogP contribution >= 0.6 is 11.6 Å². The molecule has 0 unspecified atom stereocenters. The van der Waals surface area contributed by atoms with Crippen LogP contribution in [0.2, 0.25) is 5.02 Å². The Labute approximate surface area is 109 Å². The Hall–Kier alpha value is -1.68. The largest absolute Gasteiger partial charge is 0.345 e.